The normalized spacial score (nSPS) is 18.4. The number of fused-ring (bicyclic) bond motifs is 1. The number of aromatic nitrogens is 1. The summed E-state index contributed by atoms with van der Waals surface area (Å²) in [7, 11) is -1.55. The third kappa shape index (κ3) is 2.93. The Bertz CT molecular complexity index is 1030. The Kier molecular flexibility index (Phi) is 4.13. The van der Waals surface area contributed by atoms with E-state index in [-0.39, 0.29) is 11.8 Å². The molecule has 1 fully saturated rings. The van der Waals surface area contributed by atoms with E-state index in [0.717, 1.165) is 23.0 Å². The van der Waals surface area contributed by atoms with Crippen LogP contribution in [0.1, 0.15) is 6.42 Å². The van der Waals surface area contributed by atoms with Gasteiger partial charge in [0.25, 0.3) is 0 Å². The van der Waals surface area contributed by atoms with Crippen LogP contribution in [0, 0.1) is 0 Å². The minimum Gasteiger partial charge on any atom is -0.508 e. The van der Waals surface area contributed by atoms with Gasteiger partial charge in [-0.05, 0) is 55.0 Å². The van der Waals surface area contributed by atoms with Crippen molar-refractivity contribution in [3.8, 4) is 5.75 Å². The van der Waals surface area contributed by atoms with Crippen LogP contribution in [0.3, 0.4) is 0 Å². The van der Waals surface area contributed by atoms with Crippen molar-refractivity contribution in [3.63, 3.8) is 0 Å². The monoisotopic (exact) mass is 371 g/mol. The molecule has 0 spiro atoms. The van der Waals surface area contributed by atoms with Crippen LogP contribution in [-0.2, 0) is 10.0 Å². The zero-order valence-corrected chi connectivity index (χ0v) is 15.3. The minimum atomic E-state index is -3.51. The maximum absolute atomic E-state index is 13.0. The third-order valence-corrected chi connectivity index (χ3v) is 6.95. The predicted octanol–water partition coefficient (Wildman–Crippen LogP) is 2.77. The topological polar surface area (TPSA) is 76.6 Å². The highest BCUT2D eigenvalue weighted by atomic mass is 32.2. The molecule has 2 N–H and O–H groups in total. The van der Waals surface area contributed by atoms with Gasteiger partial charge < -0.3 is 15.0 Å². The number of rotatable bonds is 4. The highest BCUT2D eigenvalue weighted by Gasteiger charge is 2.34. The summed E-state index contributed by atoms with van der Waals surface area (Å²) in [5, 5.41) is 10.3. The summed E-state index contributed by atoms with van der Waals surface area (Å²) in [6, 6.07) is 14.1. The van der Waals surface area contributed by atoms with Crippen molar-refractivity contribution in [2.75, 3.05) is 25.0 Å². The number of aromatic hydroxyl groups is 1. The Morgan fingerprint density at radius 2 is 1.92 bits per heavy atom. The van der Waals surface area contributed by atoms with Gasteiger partial charge in [0.1, 0.15) is 5.75 Å². The number of nitrogens with one attached hydrogen (secondary N) is 1. The zero-order chi connectivity index (χ0) is 18.3. The number of likely N-dealkylation sites (N-methyl/N-ethyl adjacent to an activating group) is 1. The molecule has 4 rings (SSSR count). The van der Waals surface area contributed by atoms with Gasteiger partial charge in [-0.2, -0.15) is 4.31 Å². The zero-order valence-electron chi connectivity index (χ0n) is 14.5. The van der Waals surface area contributed by atoms with Crippen LogP contribution in [0.2, 0.25) is 0 Å². The number of phenolic OH excluding ortho intramolecular Hbond substituents is 1. The first-order valence-electron chi connectivity index (χ1n) is 8.54. The molecular weight excluding hydrogens is 350 g/mol. The Hall–Kier alpha value is -2.51. The van der Waals surface area contributed by atoms with Crippen LogP contribution in [0.4, 0.5) is 5.69 Å². The molecule has 0 bridgehead atoms. The highest BCUT2D eigenvalue weighted by molar-refractivity contribution is 7.89. The van der Waals surface area contributed by atoms with Gasteiger partial charge in [-0.1, -0.05) is 0 Å². The van der Waals surface area contributed by atoms with Gasteiger partial charge in [-0.3, -0.25) is 0 Å². The van der Waals surface area contributed by atoms with Crippen molar-refractivity contribution in [3.05, 3.63) is 54.7 Å². The van der Waals surface area contributed by atoms with E-state index in [2.05, 4.69) is 9.88 Å². The molecule has 1 aromatic heterocycles. The number of hydrogen-bond donors (Lipinski definition) is 2. The molecular formula is C19H21N3O3S. The van der Waals surface area contributed by atoms with Crippen molar-refractivity contribution in [1.29, 1.82) is 0 Å². The Morgan fingerprint density at radius 1 is 1.15 bits per heavy atom. The highest BCUT2D eigenvalue weighted by Crippen LogP contribution is 2.28. The summed E-state index contributed by atoms with van der Waals surface area (Å²) in [6.45, 7) is 0.950. The Labute approximate surface area is 152 Å². The lowest BCUT2D eigenvalue weighted by molar-refractivity contribution is 0.470. The fraction of sp³-hybridized carbons (Fsp3) is 0.263. The summed E-state index contributed by atoms with van der Waals surface area (Å²) in [5.41, 5.74) is 1.89. The standard InChI is InChI=1S/C19H21N3O3S/c1-21(15-2-4-17(23)5-3-15)16-9-11-22(13-16)26(24,25)18-6-7-19-14(12-18)8-10-20-19/h2-8,10,12,16,20,23H,9,11,13H2,1H3/t16-/m0/s1. The predicted molar refractivity (Wildman–Crippen MR) is 102 cm³/mol. The summed E-state index contributed by atoms with van der Waals surface area (Å²) in [5.74, 6) is 0.220. The van der Waals surface area contributed by atoms with Gasteiger partial charge in [-0.15, -0.1) is 0 Å². The number of anilines is 1. The fourth-order valence-corrected chi connectivity index (χ4v) is 5.01. The molecule has 0 aliphatic carbocycles. The van der Waals surface area contributed by atoms with Crippen LogP contribution in [0.25, 0.3) is 10.9 Å². The molecule has 7 heteroatoms. The third-order valence-electron chi connectivity index (χ3n) is 5.09. The average Bonchev–Trinajstić information content (AvgIpc) is 3.31. The Morgan fingerprint density at radius 3 is 2.69 bits per heavy atom. The first kappa shape index (κ1) is 16.9. The number of phenols is 1. The molecule has 1 aliphatic rings. The van der Waals surface area contributed by atoms with E-state index in [0.29, 0.717) is 18.0 Å². The van der Waals surface area contributed by atoms with Gasteiger partial charge >= 0.3 is 0 Å². The summed E-state index contributed by atoms with van der Waals surface area (Å²) >= 11 is 0. The van der Waals surface area contributed by atoms with Gasteiger partial charge in [0.15, 0.2) is 0 Å². The lowest BCUT2D eigenvalue weighted by Gasteiger charge is -2.27. The molecule has 1 saturated heterocycles. The number of nitrogens with zero attached hydrogens (tertiary/aromatic N) is 2. The molecule has 3 aromatic rings. The van der Waals surface area contributed by atoms with Gasteiger partial charge in [0.05, 0.1) is 4.90 Å². The maximum atomic E-state index is 13.0. The number of H-pyrrole nitrogens is 1. The summed E-state index contributed by atoms with van der Waals surface area (Å²) in [6.07, 6.45) is 2.57. The van der Waals surface area contributed by atoms with Crippen molar-refractivity contribution in [2.45, 2.75) is 17.4 Å². The second-order valence-corrected chi connectivity index (χ2v) is 8.60. The van der Waals surface area contributed by atoms with E-state index in [1.807, 2.05) is 25.2 Å². The average molecular weight is 371 g/mol. The van der Waals surface area contributed by atoms with Crippen LogP contribution >= 0.6 is 0 Å². The molecule has 2 heterocycles. The molecule has 0 radical (unpaired) electrons. The lowest BCUT2D eigenvalue weighted by Crippen LogP contribution is -2.36. The van der Waals surface area contributed by atoms with Crippen molar-refractivity contribution in [1.82, 2.24) is 9.29 Å². The quantitative estimate of drug-likeness (QED) is 0.739. The van der Waals surface area contributed by atoms with Gasteiger partial charge in [-0.25, -0.2) is 8.42 Å². The van der Waals surface area contributed by atoms with Gasteiger partial charge in [0.2, 0.25) is 10.0 Å². The maximum Gasteiger partial charge on any atom is 0.243 e. The van der Waals surface area contributed by atoms with E-state index in [1.54, 1.807) is 40.8 Å². The lowest BCUT2D eigenvalue weighted by atomic mass is 10.2. The van der Waals surface area contributed by atoms with Crippen molar-refractivity contribution in [2.24, 2.45) is 0 Å². The molecule has 136 valence electrons. The first-order valence-corrected chi connectivity index (χ1v) is 9.98. The molecule has 6 nitrogen and oxygen atoms in total. The molecule has 0 unspecified atom stereocenters. The van der Waals surface area contributed by atoms with E-state index < -0.39 is 10.0 Å². The van der Waals surface area contributed by atoms with E-state index in [1.165, 1.54) is 0 Å². The molecule has 1 atom stereocenters. The van der Waals surface area contributed by atoms with Crippen LogP contribution in [0.5, 0.6) is 5.75 Å². The second-order valence-electron chi connectivity index (χ2n) is 6.66. The Balaban J connectivity index is 1.54. The minimum absolute atomic E-state index is 0.102. The molecule has 0 saturated carbocycles. The molecule has 2 aromatic carbocycles. The number of hydrogen-bond acceptors (Lipinski definition) is 4. The molecule has 0 amide bonds. The van der Waals surface area contributed by atoms with Crippen LogP contribution in [0.15, 0.2) is 59.6 Å². The largest absolute Gasteiger partial charge is 0.508 e. The van der Waals surface area contributed by atoms with E-state index >= 15 is 0 Å². The summed E-state index contributed by atoms with van der Waals surface area (Å²) in [4.78, 5) is 5.48. The number of sulfonamides is 1. The molecule has 26 heavy (non-hydrogen) atoms. The van der Waals surface area contributed by atoms with Crippen LogP contribution < -0.4 is 4.90 Å². The fourth-order valence-electron chi connectivity index (χ4n) is 3.48. The smallest absolute Gasteiger partial charge is 0.243 e. The second kappa shape index (κ2) is 6.34. The first-order chi connectivity index (χ1) is 12.4. The van der Waals surface area contributed by atoms with E-state index in [4.69, 9.17) is 0 Å². The van der Waals surface area contributed by atoms with Gasteiger partial charge in [0, 0.05) is 49.0 Å². The molecule has 1 aliphatic heterocycles. The number of aromatic amines is 1. The van der Waals surface area contributed by atoms with E-state index in [9.17, 15) is 13.5 Å². The van der Waals surface area contributed by atoms with Crippen molar-refractivity contribution >= 4 is 26.6 Å². The van der Waals surface area contributed by atoms with Crippen LogP contribution in [-0.4, -0.2) is 49.0 Å². The number of benzene rings is 2. The van der Waals surface area contributed by atoms with Crippen molar-refractivity contribution < 1.29 is 13.5 Å². The summed E-state index contributed by atoms with van der Waals surface area (Å²) < 4.78 is 27.6. The SMILES string of the molecule is CN(c1ccc(O)cc1)[C@H]1CCN(S(=O)(=O)c2ccc3[nH]ccc3c2)C1.